The highest BCUT2D eigenvalue weighted by atomic mass is 16.5. The van der Waals surface area contributed by atoms with Crippen molar-refractivity contribution < 1.29 is 23.8 Å². The SMILES string of the molecule is CCOC(=O)Nc1ccc(C(=O)Nc2cc(OCC)ccc2OCC)cc1. The van der Waals surface area contributed by atoms with Gasteiger partial charge in [0.2, 0.25) is 0 Å². The zero-order valence-electron chi connectivity index (χ0n) is 15.7. The fourth-order valence-electron chi connectivity index (χ4n) is 2.33. The van der Waals surface area contributed by atoms with Crippen LogP contribution in [0.15, 0.2) is 42.5 Å². The topological polar surface area (TPSA) is 85.9 Å². The summed E-state index contributed by atoms with van der Waals surface area (Å²) in [6.07, 6.45) is -0.538. The summed E-state index contributed by atoms with van der Waals surface area (Å²) in [7, 11) is 0. The summed E-state index contributed by atoms with van der Waals surface area (Å²) in [4.78, 5) is 24.0. The molecule has 7 heteroatoms. The number of anilines is 2. The molecule has 2 aromatic carbocycles. The predicted molar refractivity (Wildman–Crippen MR) is 104 cm³/mol. The van der Waals surface area contributed by atoms with Gasteiger partial charge in [0, 0.05) is 17.3 Å². The monoisotopic (exact) mass is 372 g/mol. The van der Waals surface area contributed by atoms with Crippen molar-refractivity contribution in [3.05, 3.63) is 48.0 Å². The van der Waals surface area contributed by atoms with E-state index in [1.54, 1.807) is 49.4 Å². The fourth-order valence-corrected chi connectivity index (χ4v) is 2.33. The Labute approximate surface area is 158 Å². The first kappa shape index (κ1) is 20.1. The third-order valence-corrected chi connectivity index (χ3v) is 3.48. The zero-order chi connectivity index (χ0) is 19.6. The number of hydrogen-bond acceptors (Lipinski definition) is 5. The maximum absolute atomic E-state index is 12.6. The molecule has 0 saturated heterocycles. The van der Waals surface area contributed by atoms with Crippen molar-refractivity contribution in [1.82, 2.24) is 0 Å². The molecule has 0 aliphatic rings. The molecule has 0 aliphatic heterocycles. The van der Waals surface area contributed by atoms with Crippen LogP contribution >= 0.6 is 0 Å². The van der Waals surface area contributed by atoms with Gasteiger partial charge in [-0.1, -0.05) is 0 Å². The Bertz CT molecular complexity index is 774. The minimum Gasteiger partial charge on any atom is -0.494 e. The average molecular weight is 372 g/mol. The molecule has 0 bridgehead atoms. The fraction of sp³-hybridized carbons (Fsp3) is 0.300. The van der Waals surface area contributed by atoms with E-state index < -0.39 is 6.09 Å². The maximum Gasteiger partial charge on any atom is 0.411 e. The molecule has 2 rings (SSSR count). The van der Waals surface area contributed by atoms with Gasteiger partial charge in [0.25, 0.3) is 5.91 Å². The Morgan fingerprint density at radius 2 is 1.56 bits per heavy atom. The van der Waals surface area contributed by atoms with Crippen LogP contribution in [-0.2, 0) is 4.74 Å². The smallest absolute Gasteiger partial charge is 0.411 e. The molecule has 0 heterocycles. The molecule has 0 radical (unpaired) electrons. The molecular formula is C20H24N2O5. The number of benzene rings is 2. The standard InChI is InChI=1S/C20H24N2O5/c1-4-25-16-11-12-18(26-5-2)17(13-16)22-19(23)14-7-9-15(10-8-14)21-20(24)27-6-3/h7-13H,4-6H2,1-3H3,(H,21,24)(H,22,23). The van der Waals surface area contributed by atoms with E-state index in [9.17, 15) is 9.59 Å². The van der Waals surface area contributed by atoms with Crippen LogP contribution in [0.2, 0.25) is 0 Å². The van der Waals surface area contributed by atoms with Crippen molar-refractivity contribution in [3.8, 4) is 11.5 Å². The minimum atomic E-state index is -0.538. The molecule has 2 N–H and O–H groups in total. The van der Waals surface area contributed by atoms with E-state index in [-0.39, 0.29) is 12.5 Å². The lowest BCUT2D eigenvalue weighted by molar-refractivity contribution is 0.102. The first-order valence-electron chi connectivity index (χ1n) is 8.82. The molecule has 0 aliphatic carbocycles. The number of carbonyl (C=O) groups excluding carboxylic acids is 2. The van der Waals surface area contributed by atoms with Crippen molar-refractivity contribution in [3.63, 3.8) is 0 Å². The van der Waals surface area contributed by atoms with E-state index >= 15 is 0 Å². The van der Waals surface area contributed by atoms with E-state index in [1.165, 1.54) is 0 Å². The molecule has 0 saturated carbocycles. The highest BCUT2D eigenvalue weighted by Gasteiger charge is 2.12. The molecule has 2 aromatic rings. The summed E-state index contributed by atoms with van der Waals surface area (Å²) in [5.41, 5.74) is 1.51. The van der Waals surface area contributed by atoms with Crippen LogP contribution in [0.1, 0.15) is 31.1 Å². The van der Waals surface area contributed by atoms with Gasteiger partial charge < -0.3 is 19.5 Å². The molecule has 2 amide bonds. The summed E-state index contributed by atoms with van der Waals surface area (Å²) < 4.78 is 15.9. The van der Waals surface area contributed by atoms with Crippen molar-refractivity contribution in [2.45, 2.75) is 20.8 Å². The van der Waals surface area contributed by atoms with Crippen molar-refractivity contribution in [2.75, 3.05) is 30.5 Å². The second-order valence-electron chi connectivity index (χ2n) is 5.40. The predicted octanol–water partition coefficient (Wildman–Crippen LogP) is 4.30. The first-order valence-corrected chi connectivity index (χ1v) is 8.82. The third kappa shape index (κ3) is 5.91. The van der Waals surface area contributed by atoms with Gasteiger partial charge in [-0.05, 0) is 57.2 Å². The second-order valence-corrected chi connectivity index (χ2v) is 5.40. The van der Waals surface area contributed by atoms with Crippen LogP contribution in [0.5, 0.6) is 11.5 Å². The van der Waals surface area contributed by atoms with Crippen LogP contribution in [-0.4, -0.2) is 31.8 Å². The highest BCUT2D eigenvalue weighted by Crippen LogP contribution is 2.30. The molecule has 0 fully saturated rings. The average Bonchev–Trinajstić information content (AvgIpc) is 2.65. The van der Waals surface area contributed by atoms with Crippen LogP contribution < -0.4 is 20.1 Å². The molecular weight excluding hydrogens is 348 g/mol. The van der Waals surface area contributed by atoms with Crippen LogP contribution in [0.4, 0.5) is 16.2 Å². The summed E-state index contributed by atoms with van der Waals surface area (Å²) in [5, 5.41) is 5.41. The Balaban J connectivity index is 2.11. The zero-order valence-corrected chi connectivity index (χ0v) is 15.7. The van der Waals surface area contributed by atoms with Gasteiger partial charge in [-0.25, -0.2) is 4.79 Å². The molecule has 0 atom stereocenters. The number of carbonyl (C=O) groups is 2. The van der Waals surface area contributed by atoms with E-state index in [4.69, 9.17) is 14.2 Å². The van der Waals surface area contributed by atoms with Crippen molar-refractivity contribution >= 4 is 23.4 Å². The van der Waals surface area contributed by atoms with Gasteiger partial charge in [-0.3, -0.25) is 10.1 Å². The van der Waals surface area contributed by atoms with E-state index in [0.717, 1.165) is 0 Å². The minimum absolute atomic E-state index is 0.287. The van der Waals surface area contributed by atoms with Gasteiger partial charge in [0.05, 0.1) is 25.5 Å². The maximum atomic E-state index is 12.6. The summed E-state index contributed by atoms with van der Waals surface area (Å²) >= 11 is 0. The van der Waals surface area contributed by atoms with Gasteiger partial charge in [-0.2, -0.15) is 0 Å². The summed E-state index contributed by atoms with van der Waals surface area (Å²) in [5.74, 6) is 0.910. The molecule has 7 nitrogen and oxygen atoms in total. The molecule has 144 valence electrons. The second kappa shape index (κ2) is 10.1. The summed E-state index contributed by atoms with van der Waals surface area (Å²) in [6, 6.07) is 11.8. The largest absolute Gasteiger partial charge is 0.494 e. The van der Waals surface area contributed by atoms with E-state index in [1.807, 2.05) is 13.8 Å². The third-order valence-electron chi connectivity index (χ3n) is 3.48. The van der Waals surface area contributed by atoms with Crippen LogP contribution in [0, 0.1) is 0 Å². The normalized spacial score (nSPS) is 10.0. The lowest BCUT2D eigenvalue weighted by Crippen LogP contribution is -2.15. The van der Waals surface area contributed by atoms with Gasteiger partial charge in [0.1, 0.15) is 11.5 Å². The summed E-state index contributed by atoms with van der Waals surface area (Å²) in [6.45, 7) is 6.78. The first-order chi connectivity index (χ1) is 13.1. The molecule has 0 unspecified atom stereocenters. The van der Waals surface area contributed by atoms with Crippen LogP contribution in [0.25, 0.3) is 0 Å². The lowest BCUT2D eigenvalue weighted by Gasteiger charge is -2.14. The molecule has 27 heavy (non-hydrogen) atoms. The Morgan fingerprint density at radius 1 is 0.852 bits per heavy atom. The van der Waals surface area contributed by atoms with E-state index in [2.05, 4.69) is 10.6 Å². The number of ether oxygens (including phenoxy) is 3. The van der Waals surface area contributed by atoms with Crippen molar-refractivity contribution in [1.29, 1.82) is 0 Å². The molecule has 0 aromatic heterocycles. The van der Waals surface area contributed by atoms with Gasteiger partial charge >= 0.3 is 6.09 Å². The number of nitrogens with one attached hydrogen (secondary N) is 2. The highest BCUT2D eigenvalue weighted by molar-refractivity contribution is 6.05. The number of amides is 2. The number of rotatable bonds is 8. The van der Waals surface area contributed by atoms with Crippen LogP contribution in [0.3, 0.4) is 0 Å². The Hall–Kier alpha value is -3.22. The Kier molecular flexibility index (Phi) is 7.49. The van der Waals surface area contributed by atoms with E-state index in [0.29, 0.717) is 41.7 Å². The van der Waals surface area contributed by atoms with Crippen molar-refractivity contribution in [2.24, 2.45) is 0 Å². The van der Waals surface area contributed by atoms with Gasteiger partial charge in [0.15, 0.2) is 0 Å². The number of hydrogen-bond donors (Lipinski definition) is 2. The molecule has 0 spiro atoms. The Morgan fingerprint density at radius 3 is 2.19 bits per heavy atom. The van der Waals surface area contributed by atoms with Gasteiger partial charge in [-0.15, -0.1) is 0 Å². The quantitative estimate of drug-likeness (QED) is 0.721. The lowest BCUT2D eigenvalue weighted by atomic mass is 10.2.